The summed E-state index contributed by atoms with van der Waals surface area (Å²) in [6, 6.07) is 6.09. The van der Waals surface area contributed by atoms with Gasteiger partial charge in [-0.15, -0.1) is 0 Å². The molecule has 1 aromatic heterocycles. The molecule has 5 heteroatoms. The van der Waals surface area contributed by atoms with Gasteiger partial charge in [0.25, 0.3) is 0 Å². The van der Waals surface area contributed by atoms with Crippen molar-refractivity contribution < 1.29 is 4.74 Å². The second kappa shape index (κ2) is 5.29. The number of aryl methyl sites for hydroxylation is 1. The summed E-state index contributed by atoms with van der Waals surface area (Å²) in [6.45, 7) is 8.39. The summed E-state index contributed by atoms with van der Waals surface area (Å²) >= 11 is 6.05. The van der Waals surface area contributed by atoms with E-state index in [2.05, 4.69) is 42.9 Å². The van der Waals surface area contributed by atoms with Gasteiger partial charge in [0.2, 0.25) is 11.8 Å². The molecule has 0 unspecified atom stereocenters. The summed E-state index contributed by atoms with van der Waals surface area (Å²) < 4.78 is 5.87. The minimum absolute atomic E-state index is 0.0475. The van der Waals surface area contributed by atoms with E-state index < -0.39 is 0 Å². The van der Waals surface area contributed by atoms with E-state index in [1.54, 1.807) is 0 Å². The molecule has 0 saturated heterocycles. The van der Waals surface area contributed by atoms with Gasteiger partial charge < -0.3 is 10.5 Å². The number of anilines is 1. The fourth-order valence-corrected chi connectivity index (χ4v) is 2.00. The number of hydrogen-bond acceptors (Lipinski definition) is 4. The molecule has 1 heterocycles. The summed E-state index contributed by atoms with van der Waals surface area (Å²) in [5, 5.41) is 0.334. The van der Waals surface area contributed by atoms with Crippen LogP contribution in [-0.4, -0.2) is 9.97 Å². The minimum atomic E-state index is -0.0475. The van der Waals surface area contributed by atoms with Crippen molar-refractivity contribution in [3.8, 4) is 11.6 Å². The third-order valence-electron chi connectivity index (χ3n) is 2.88. The van der Waals surface area contributed by atoms with Crippen LogP contribution in [0.2, 0.25) is 5.02 Å². The highest BCUT2D eigenvalue weighted by molar-refractivity contribution is 6.31. The monoisotopic (exact) mass is 291 g/mol. The van der Waals surface area contributed by atoms with E-state index in [4.69, 9.17) is 22.1 Å². The molecule has 0 radical (unpaired) electrons. The number of benzene rings is 1. The van der Waals surface area contributed by atoms with Crippen LogP contribution in [0.4, 0.5) is 5.95 Å². The Morgan fingerprint density at radius 3 is 2.60 bits per heavy atom. The molecule has 0 aliphatic heterocycles. The van der Waals surface area contributed by atoms with Gasteiger partial charge in [0.15, 0.2) is 0 Å². The molecule has 20 heavy (non-hydrogen) atoms. The molecule has 4 nitrogen and oxygen atoms in total. The smallest absolute Gasteiger partial charge is 0.243 e. The quantitative estimate of drug-likeness (QED) is 0.904. The van der Waals surface area contributed by atoms with Gasteiger partial charge in [-0.05, 0) is 24.0 Å². The SMILES string of the molecule is Cc1ccc(C(C)(C)C)c(Oc2nc(N)ncc2Cl)c1. The fraction of sp³-hybridized carbons (Fsp3) is 0.333. The Labute approximate surface area is 124 Å². The molecular formula is C15H18ClN3O. The highest BCUT2D eigenvalue weighted by Crippen LogP contribution is 2.36. The first-order valence-corrected chi connectivity index (χ1v) is 6.72. The van der Waals surface area contributed by atoms with Crippen molar-refractivity contribution >= 4 is 17.5 Å². The standard InChI is InChI=1S/C15H18ClN3O/c1-9-5-6-10(15(2,3)4)12(7-9)20-13-11(16)8-18-14(17)19-13/h5-8H,1-4H3,(H2,17,18,19). The second-order valence-electron chi connectivity index (χ2n) is 5.73. The van der Waals surface area contributed by atoms with Crippen LogP contribution in [0.25, 0.3) is 0 Å². The van der Waals surface area contributed by atoms with Crippen LogP contribution < -0.4 is 10.5 Å². The van der Waals surface area contributed by atoms with Crippen LogP contribution in [0, 0.1) is 6.92 Å². The highest BCUT2D eigenvalue weighted by Gasteiger charge is 2.20. The largest absolute Gasteiger partial charge is 0.437 e. The maximum absolute atomic E-state index is 6.05. The predicted octanol–water partition coefficient (Wildman–Crippen LogP) is 4.11. The van der Waals surface area contributed by atoms with Crippen molar-refractivity contribution in [2.24, 2.45) is 0 Å². The molecular weight excluding hydrogens is 274 g/mol. The van der Waals surface area contributed by atoms with Gasteiger partial charge in [-0.3, -0.25) is 0 Å². The van der Waals surface area contributed by atoms with Crippen LogP contribution in [0.1, 0.15) is 31.9 Å². The van der Waals surface area contributed by atoms with Gasteiger partial charge in [0, 0.05) is 5.56 Å². The Hall–Kier alpha value is -1.81. The molecule has 0 saturated carbocycles. The van der Waals surface area contributed by atoms with Crippen molar-refractivity contribution in [1.29, 1.82) is 0 Å². The molecule has 2 rings (SSSR count). The third-order valence-corrected chi connectivity index (χ3v) is 3.14. The molecule has 0 aliphatic carbocycles. The van der Waals surface area contributed by atoms with E-state index in [9.17, 15) is 0 Å². The van der Waals surface area contributed by atoms with E-state index in [1.165, 1.54) is 6.20 Å². The number of rotatable bonds is 2. The number of nitrogens with zero attached hydrogens (tertiary/aromatic N) is 2. The maximum atomic E-state index is 6.05. The molecule has 2 N–H and O–H groups in total. The number of halogens is 1. The topological polar surface area (TPSA) is 61.0 Å². The van der Waals surface area contributed by atoms with Gasteiger partial charge >= 0.3 is 0 Å². The minimum Gasteiger partial charge on any atom is -0.437 e. The Kier molecular flexibility index (Phi) is 3.86. The summed E-state index contributed by atoms with van der Waals surface area (Å²) in [5.41, 5.74) is 7.71. The summed E-state index contributed by atoms with van der Waals surface area (Å²) in [7, 11) is 0. The first-order valence-electron chi connectivity index (χ1n) is 6.34. The van der Waals surface area contributed by atoms with Crippen LogP contribution in [0.5, 0.6) is 11.6 Å². The number of hydrogen-bond donors (Lipinski definition) is 1. The van der Waals surface area contributed by atoms with Crippen LogP contribution >= 0.6 is 11.6 Å². The molecule has 0 aliphatic rings. The Morgan fingerprint density at radius 2 is 1.95 bits per heavy atom. The lowest BCUT2D eigenvalue weighted by molar-refractivity contribution is 0.439. The van der Waals surface area contributed by atoms with Crippen molar-refractivity contribution in [2.75, 3.05) is 5.73 Å². The van der Waals surface area contributed by atoms with Crippen LogP contribution in [-0.2, 0) is 5.41 Å². The summed E-state index contributed by atoms with van der Waals surface area (Å²) in [4.78, 5) is 7.86. The number of nitrogen functional groups attached to an aromatic ring is 1. The lowest BCUT2D eigenvalue weighted by Crippen LogP contribution is -2.13. The van der Waals surface area contributed by atoms with Gasteiger partial charge in [-0.25, -0.2) is 4.98 Å². The van der Waals surface area contributed by atoms with E-state index in [0.29, 0.717) is 5.02 Å². The van der Waals surface area contributed by atoms with Gasteiger partial charge in [-0.1, -0.05) is 44.5 Å². The molecule has 0 fully saturated rings. The maximum Gasteiger partial charge on any atom is 0.243 e. The number of aromatic nitrogens is 2. The number of ether oxygens (including phenoxy) is 1. The Balaban J connectivity index is 2.47. The van der Waals surface area contributed by atoms with Crippen LogP contribution in [0.3, 0.4) is 0 Å². The molecule has 0 amide bonds. The van der Waals surface area contributed by atoms with Crippen molar-refractivity contribution in [1.82, 2.24) is 9.97 Å². The first-order chi connectivity index (χ1) is 9.27. The average molecular weight is 292 g/mol. The van der Waals surface area contributed by atoms with E-state index in [1.807, 2.05) is 13.0 Å². The lowest BCUT2D eigenvalue weighted by Gasteiger charge is -2.23. The molecule has 106 valence electrons. The molecule has 0 atom stereocenters. The van der Waals surface area contributed by atoms with Gasteiger partial charge in [-0.2, -0.15) is 4.98 Å². The Morgan fingerprint density at radius 1 is 1.25 bits per heavy atom. The normalized spacial score (nSPS) is 11.4. The van der Waals surface area contributed by atoms with Crippen molar-refractivity contribution in [3.63, 3.8) is 0 Å². The van der Waals surface area contributed by atoms with Crippen molar-refractivity contribution in [2.45, 2.75) is 33.1 Å². The third kappa shape index (κ3) is 3.20. The highest BCUT2D eigenvalue weighted by atomic mass is 35.5. The van der Waals surface area contributed by atoms with E-state index in [-0.39, 0.29) is 17.2 Å². The van der Waals surface area contributed by atoms with Crippen LogP contribution in [0.15, 0.2) is 24.4 Å². The van der Waals surface area contributed by atoms with Gasteiger partial charge in [0.1, 0.15) is 10.8 Å². The van der Waals surface area contributed by atoms with E-state index >= 15 is 0 Å². The lowest BCUT2D eigenvalue weighted by atomic mass is 9.86. The Bertz CT molecular complexity index is 636. The molecule has 0 bridgehead atoms. The van der Waals surface area contributed by atoms with E-state index in [0.717, 1.165) is 16.9 Å². The fourth-order valence-electron chi connectivity index (χ4n) is 1.87. The molecule has 1 aromatic carbocycles. The zero-order chi connectivity index (χ0) is 14.9. The van der Waals surface area contributed by atoms with Gasteiger partial charge in [0.05, 0.1) is 6.20 Å². The first kappa shape index (κ1) is 14.6. The molecule has 0 spiro atoms. The molecule has 2 aromatic rings. The van der Waals surface area contributed by atoms with Crippen molar-refractivity contribution in [3.05, 3.63) is 40.5 Å². The predicted molar refractivity (Wildman–Crippen MR) is 81.4 cm³/mol. The average Bonchev–Trinajstić information content (AvgIpc) is 2.32. The number of nitrogens with two attached hydrogens (primary N) is 1. The summed E-state index contributed by atoms with van der Waals surface area (Å²) in [6.07, 6.45) is 1.44. The summed E-state index contributed by atoms with van der Waals surface area (Å²) in [5.74, 6) is 1.14. The zero-order valence-electron chi connectivity index (χ0n) is 12.1. The zero-order valence-corrected chi connectivity index (χ0v) is 12.8. The second-order valence-corrected chi connectivity index (χ2v) is 6.14.